The quantitative estimate of drug-likeness (QED) is 0.279. The van der Waals surface area contributed by atoms with E-state index in [1.54, 1.807) is 0 Å². The van der Waals surface area contributed by atoms with Crippen LogP contribution in [0.2, 0.25) is 0 Å². The summed E-state index contributed by atoms with van der Waals surface area (Å²) in [6.07, 6.45) is -8.21. The van der Waals surface area contributed by atoms with Gasteiger partial charge in [-0.15, -0.1) is 0 Å². The number of phenolic OH excluding ortho intramolecular Hbond substituents is 3. The van der Waals surface area contributed by atoms with Crippen LogP contribution in [-0.2, 0) is 4.74 Å². The Balaban J connectivity index is 1.90. The SMILES string of the molecule is O=c1c(OC2OC(CO)C(O)C(O)C2O)c(-c2cccc(O)c2)oc2cc(O)cc(O)c12. The number of benzene rings is 2. The van der Waals surface area contributed by atoms with Crippen molar-refractivity contribution >= 4 is 11.0 Å². The summed E-state index contributed by atoms with van der Waals surface area (Å²) in [5.41, 5.74) is -0.919. The largest absolute Gasteiger partial charge is 0.508 e. The third-order valence-electron chi connectivity index (χ3n) is 5.11. The minimum Gasteiger partial charge on any atom is -0.508 e. The predicted molar refractivity (Wildman–Crippen MR) is 107 cm³/mol. The van der Waals surface area contributed by atoms with Crippen LogP contribution in [0, 0.1) is 0 Å². The average molecular weight is 448 g/mol. The molecule has 2 aromatic carbocycles. The molecule has 0 bridgehead atoms. The van der Waals surface area contributed by atoms with Gasteiger partial charge in [0, 0.05) is 17.7 Å². The third kappa shape index (κ3) is 3.72. The molecule has 0 radical (unpaired) electrons. The summed E-state index contributed by atoms with van der Waals surface area (Å²) >= 11 is 0. The van der Waals surface area contributed by atoms with Crippen LogP contribution in [0.15, 0.2) is 45.6 Å². The number of ether oxygens (including phenoxy) is 2. The Labute approximate surface area is 179 Å². The Morgan fingerprint density at radius 3 is 2.38 bits per heavy atom. The van der Waals surface area contributed by atoms with Gasteiger partial charge < -0.3 is 49.6 Å². The number of hydrogen-bond donors (Lipinski definition) is 7. The van der Waals surface area contributed by atoms with Gasteiger partial charge in [0.1, 0.15) is 52.6 Å². The van der Waals surface area contributed by atoms with Crippen LogP contribution >= 0.6 is 0 Å². The lowest BCUT2D eigenvalue weighted by molar-refractivity contribution is -0.277. The fourth-order valence-corrected chi connectivity index (χ4v) is 3.49. The highest BCUT2D eigenvalue weighted by Gasteiger charge is 2.45. The van der Waals surface area contributed by atoms with Crippen LogP contribution in [0.5, 0.6) is 23.0 Å². The van der Waals surface area contributed by atoms with Crippen molar-refractivity contribution in [2.75, 3.05) is 6.61 Å². The Hall–Kier alpha value is -3.35. The first kappa shape index (κ1) is 21.9. The first-order chi connectivity index (χ1) is 15.2. The van der Waals surface area contributed by atoms with Gasteiger partial charge in [-0.1, -0.05) is 12.1 Å². The fraction of sp³-hybridized carbons (Fsp3) is 0.286. The molecule has 4 rings (SSSR count). The summed E-state index contributed by atoms with van der Waals surface area (Å²) in [5, 5.41) is 69.0. The van der Waals surface area contributed by atoms with E-state index in [4.69, 9.17) is 13.9 Å². The lowest BCUT2D eigenvalue weighted by Gasteiger charge is -2.39. The molecule has 1 fully saturated rings. The van der Waals surface area contributed by atoms with E-state index >= 15 is 0 Å². The molecular formula is C21H20O11. The van der Waals surface area contributed by atoms with Crippen LogP contribution in [0.3, 0.4) is 0 Å². The normalized spacial score (nSPS) is 25.7. The van der Waals surface area contributed by atoms with Gasteiger partial charge in [0.15, 0.2) is 5.76 Å². The number of rotatable bonds is 4. The number of aliphatic hydroxyl groups excluding tert-OH is 4. The van der Waals surface area contributed by atoms with Gasteiger partial charge in [-0.05, 0) is 12.1 Å². The van der Waals surface area contributed by atoms with Crippen LogP contribution < -0.4 is 10.2 Å². The van der Waals surface area contributed by atoms with Gasteiger partial charge in [-0.3, -0.25) is 4.79 Å². The number of fused-ring (bicyclic) bond motifs is 1. The molecule has 5 atom stereocenters. The van der Waals surface area contributed by atoms with E-state index in [1.165, 1.54) is 24.3 Å². The maximum Gasteiger partial charge on any atom is 0.239 e. The Bertz CT molecular complexity index is 1200. The summed E-state index contributed by atoms with van der Waals surface area (Å²) in [5.74, 6) is -1.92. The zero-order valence-corrected chi connectivity index (χ0v) is 16.3. The van der Waals surface area contributed by atoms with Gasteiger partial charge in [-0.25, -0.2) is 0 Å². The molecule has 5 unspecified atom stereocenters. The van der Waals surface area contributed by atoms with E-state index in [1.807, 2.05) is 0 Å². The Morgan fingerprint density at radius 1 is 0.938 bits per heavy atom. The molecule has 0 saturated carbocycles. The minimum atomic E-state index is -1.81. The van der Waals surface area contributed by atoms with Gasteiger partial charge in [0.05, 0.1) is 6.61 Å². The smallest absolute Gasteiger partial charge is 0.239 e. The molecular weight excluding hydrogens is 428 g/mol. The van der Waals surface area contributed by atoms with Crippen molar-refractivity contribution in [3.8, 4) is 34.3 Å². The van der Waals surface area contributed by atoms with E-state index in [9.17, 15) is 40.5 Å². The summed E-state index contributed by atoms with van der Waals surface area (Å²) in [6, 6.07) is 7.59. The number of aliphatic hydroxyl groups is 4. The molecule has 32 heavy (non-hydrogen) atoms. The second-order valence-corrected chi connectivity index (χ2v) is 7.29. The molecule has 1 saturated heterocycles. The second-order valence-electron chi connectivity index (χ2n) is 7.29. The number of hydrogen-bond acceptors (Lipinski definition) is 11. The van der Waals surface area contributed by atoms with Gasteiger partial charge in [-0.2, -0.15) is 0 Å². The molecule has 7 N–H and O–H groups in total. The van der Waals surface area contributed by atoms with Gasteiger partial charge >= 0.3 is 0 Å². The van der Waals surface area contributed by atoms with Gasteiger partial charge in [0.2, 0.25) is 17.5 Å². The molecule has 0 aliphatic carbocycles. The van der Waals surface area contributed by atoms with E-state index < -0.39 is 54.2 Å². The van der Waals surface area contributed by atoms with Crippen molar-refractivity contribution in [2.45, 2.75) is 30.7 Å². The van der Waals surface area contributed by atoms with E-state index in [-0.39, 0.29) is 33.8 Å². The van der Waals surface area contributed by atoms with Crippen LogP contribution in [-0.4, -0.2) is 73.1 Å². The zero-order chi connectivity index (χ0) is 23.2. The van der Waals surface area contributed by atoms with E-state index in [2.05, 4.69) is 0 Å². The maximum absolute atomic E-state index is 13.2. The van der Waals surface area contributed by atoms with E-state index in [0.717, 1.165) is 12.1 Å². The van der Waals surface area contributed by atoms with Crippen molar-refractivity contribution in [2.24, 2.45) is 0 Å². The minimum absolute atomic E-state index is 0.164. The zero-order valence-electron chi connectivity index (χ0n) is 16.3. The van der Waals surface area contributed by atoms with Crippen LogP contribution in [0.1, 0.15) is 0 Å². The van der Waals surface area contributed by atoms with Crippen molar-refractivity contribution < 1.29 is 49.6 Å². The monoisotopic (exact) mass is 448 g/mol. The third-order valence-corrected chi connectivity index (χ3v) is 5.11. The molecule has 11 nitrogen and oxygen atoms in total. The summed E-state index contributed by atoms with van der Waals surface area (Å²) in [4.78, 5) is 13.2. The van der Waals surface area contributed by atoms with Gasteiger partial charge in [0.25, 0.3) is 0 Å². The second kappa shape index (κ2) is 8.30. The number of phenols is 3. The highest BCUT2D eigenvalue weighted by atomic mass is 16.7. The molecule has 0 amide bonds. The highest BCUT2D eigenvalue weighted by Crippen LogP contribution is 2.37. The molecule has 3 aromatic rings. The molecule has 1 aliphatic rings. The summed E-state index contributed by atoms with van der Waals surface area (Å²) in [6.45, 7) is -0.712. The van der Waals surface area contributed by atoms with Crippen molar-refractivity contribution in [1.82, 2.24) is 0 Å². The molecule has 11 heteroatoms. The van der Waals surface area contributed by atoms with Crippen molar-refractivity contribution in [3.05, 3.63) is 46.6 Å². The lowest BCUT2D eigenvalue weighted by atomic mass is 9.99. The lowest BCUT2D eigenvalue weighted by Crippen LogP contribution is -2.60. The van der Waals surface area contributed by atoms with Crippen molar-refractivity contribution in [1.29, 1.82) is 0 Å². The van der Waals surface area contributed by atoms with E-state index in [0.29, 0.717) is 0 Å². The molecule has 1 aliphatic heterocycles. The molecule has 0 spiro atoms. The standard InChI is InChI=1S/C21H20O11/c22-7-13-15(26)17(28)18(29)21(31-13)32-20-16(27)14-11(25)5-10(24)6-12(14)30-19(20)8-2-1-3-9(23)4-8/h1-6,13,15,17-18,21-26,28-29H,7H2. The molecule has 170 valence electrons. The first-order valence-electron chi connectivity index (χ1n) is 9.50. The number of aromatic hydroxyl groups is 3. The average Bonchev–Trinajstić information content (AvgIpc) is 2.75. The summed E-state index contributed by atoms with van der Waals surface area (Å²) < 4.78 is 16.6. The van der Waals surface area contributed by atoms with Crippen LogP contribution in [0.4, 0.5) is 0 Å². The summed E-state index contributed by atoms with van der Waals surface area (Å²) in [7, 11) is 0. The maximum atomic E-state index is 13.2. The Kier molecular flexibility index (Phi) is 5.67. The first-order valence-corrected chi connectivity index (χ1v) is 9.50. The van der Waals surface area contributed by atoms with Crippen LogP contribution in [0.25, 0.3) is 22.3 Å². The highest BCUT2D eigenvalue weighted by molar-refractivity contribution is 5.88. The fourth-order valence-electron chi connectivity index (χ4n) is 3.49. The van der Waals surface area contributed by atoms with Crippen molar-refractivity contribution in [3.63, 3.8) is 0 Å². The molecule has 1 aromatic heterocycles. The molecule has 2 heterocycles. The Morgan fingerprint density at radius 2 is 1.69 bits per heavy atom. The predicted octanol–water partition coefficient (Wildman–Crippen LogP) is -0.244. The topological polar surface area (TPSA) is 190 Å².